The van der Waals surface area contributed by atoms with Gasteiger partial charge >= 0.3 is 17.9 Å². The molecule has 3 saturated heterocycles. The van der Waals surface area contributed by atoms with Gasteiger partial charge in [0.1, 0.15) is 67.1 Å². The first-order chi connectivity index (χ1) is 38.3. The van der Waals surface area contributed by atoms with Crippen molar-refractivity contribution in [2.45, 2.75) is 232 Å². The number of carbonyl (C=O) groups is 3. The van der Waals surface area contributed by atoms with E-state index in [0.29, 0.717) is 30.4 Å². The molecule has 13 N–H and O–H groups in total. The van der Waals surface area contributed by atoms with Gasteiger partial charge in [-0.1, -0.05) is 72.8 Å². The van der Waals surface area contributed by atoms with Crippen molar-refractivity contribution in [3.8, 4) is 0 Å². The van der Waals surface area contributed by atoms with Crippen LogP contribution in [0.15, 0.2) is 34.9 Å². The van der Waals surface area contributed by atoms with Gasteiger partial charge in [-0.25, -0.2) is 14.4 Å². The van der Waals surface area contributed by atoms with Crippen LogP contribution in [0.3, 0.4) is 0 Å². The van der Waals surface area contributed by atoms with Crippen LogP contribution in [-0.4, -0.2) is 228 Å². The minimum Gasteiger partial charge on any atom is -0.479 e. The number of hydrogen-bond acceptors (Lipinski definition) is 23. The van der Waals surface area contributed by atoms with Crippen molar-refractivity contribution >= 4 is 17.9 Å². The van der Waals surface area contributed by atoms with E-state index in [1.807, 2.05) is 13.8 Å². The van der Waals surface area contributed by atoms with Crippen molar-refractivity contribution in [3.63, 3.8) is 0 Å². The third kappa shape index (κ3) is 11.6. The molecule has 24 nitrogen and oxygen atoms in total. The largest absolute Gasteiger partial charge is 0.479 e. The normalized spacial score (nSPS) is 47.6. The Morgan fingerprint density at radius 1 is 0.639 bits per heavy atom. The monoisotopic (exact) mass is 1190 g/mol. The number of aliphatic hydroxyl groups is 12. The molecule has 0 amide bonds. The summed E-state index contributed by atoms with van der Waals surface area (Å²) >= 11 is 0. The van der Waals surface area contributed by atoms with Gasteiger partial charge in [0.25, 0.3) is 0 Å². The maximum Gasteiger partial charge on any atom is 0.335 e. The van der Waals surface area contributed by atoms with Crippen LogP contribution in [-0.2, 0) is 52.3 Å². The zero-order valence-electron chi connectivity index (χ0n) is 48.9. The van der Waals surface area contributed by atoms with Gasteiger partial charge in [-0.3, -0.25) is 0 Å². The summed E-state index contributed by atoms with van der Waals surface area (Å²) in [7, 11) is 1.11. The Hall–Kier alpha value is -3.09. The highest BCUT2D eigenvalue weighted by atomic mass is 16.8. The number of esters is 2. The molecule has 3 aliphatic heterocycles. The van der Waals surface area contributed by atoms with E-state index in [9.17, 15) is 80.8 Å². The molecule has 3 heterocycles. The second-order valence-electron chi connectivity index (χ2n) is 25.9. The van der Waals surface area contributed by atoms with Crippen molar-refractivity contribution in [1.29, 1.82) is 0 Å². The highest BCUT2D eigenvalue weighted by Gasteiger charge is 2.74. The summed E-state index contributed by atoms with van der Waals surface area (Å²) in [5.41, 5.74) is -1.21. The third-order valence-corrected chi connectivity index (χ3v) is 21.4. The van der Waals surface area contributed by atoms with Gasteiger partial charge in [-0.05, 0) is 107 Å². The van der Waals surface area contributed by atoms with Gasteiger partial charge in [0.05, 0.1) is 44.1 Å². The van der Waals surface area contributed by atoms with Gasteiger partial charge in [0.2, 0.25) is 0 Å². The van der Waals surface area contributed by atoms with Crippen LogP contribution in [0.25, 0.3) is 0 Å². The van der Waals surface area contributed by atoms with E-state index in [-0.39, 0.29) is 42.6 Å². The predicted molar refractivity (Wildman–Crippen MR) is 292 cm³/mol. The van der Waals surface area contributed by atoms with Gasteiger partial charge in [0, 0.05) is 29.1 Å². The van der Waals surface area contributed by atoms with Crippen LogP contribution in [0, 0.1) is 50.2 Å². The lowest BCUT2D eigenvalue weighted by Gasteiger charge is -2.72. The summed E-state index contributed by atoms with van der Waals surface area (Å²) in [5.74, 6) is -2.56. The topological polar surface area (TPSA) is 388 Å². The van der Waals surface area contributed by atoms with Gasteiger partial charge < -0.3 is 104 Å². The summed E-state index contributed by atoms with van der Waals surface area (Å²) in [6.07, 6.45) is -16.2. The predicted octanol–water partition coefficient (Wildman–Crippen LogP) is 0.509. The highest BCUT2D eigenvalue weighted by molar-refractivity contribution is 5.89. The molecule has 7 fully saturated rings. The van der Waals surface area contributed by atoms with E-state index in [1.54, 1.807) is 39.8 Å². The minimum absolute atomic E-state index is 0. The van der Waals surface area contributed by atoms with Crippen molar-refractivity contribution in [3.05, 3.63) is 34.9 Å². The first kappa shape index (κ1) is 69.0. The average Bonchev–Trinajstić information content (AvgIpc) is 1.89. The summed E-state index contributed by atoms with van der Waals surface area (Å²) in [6, 6.07) is 0. The molecule has 83 heavy (non-hydrogen) atoms. The van der Waals surface area contributed by atoms with Crippen molar-refractivity contribution in [2.75, 3.05) is 33.5 Å². The Morgan fingerprint density at radius 2 is 1.17 bits per heavy atom. The van der Waals surface area contributed by atoms with Crippen LogP contribution in [0.5, 0.6) is 0 Å². The molecular formula is C59H96O24. The highest BCUT2D eigenvalue weighted by Crippen LogP contribution is 2.76. The number of hydrogen-bond donors (Lipinski definition) is 13. The molecule has 24 heteroatoms. The molecule has 0 spiro atoms. The maximum atomic E-state index is 13.5. The smallest absolute Gasteiger partial charge is 0.335 e. The fraction of sp³-hybridized carbons (Fsp3) is 0.847. The van der Waals surface area contributed by atoms with E-state index in [1.165, 1.54) is 5.57 Å². The number of allylic oxidation sites excluding steroid dienone is 4. The molecule has 26 atom stereocenters. The number of ether oxygens (including phenoxy) is 8. The third-order valence-electron chi connectivity index (χ3n) is 21.4. The molecule has 8 rings (SSSR count). The number of methoxy groups -OCH3 is 1. The zero-order chi connectivity index (χ0) is 61.1. The second kappa shape index (κ2) is 25.9. The molecule has 0 bridgehead atoms. The van der Waals surface area contributed by atoms with Crippen molar-refractivity contribution < 1.29 is 119 Å². The number of rotatable bonds is 14. The van der Waals surface area contributed by atoms with E-state index in [0.717, 1.165) is 32.8 Å². The quantitative estimate of drug-likeness (QED) is 0.0640. The minimum atomic E-state index is -1.97. The van der Waals surface area contributed by atoms with Crippen LogP contribution in [0.4, 0.5) is 0 Å². The molecule has 0 radical (unpaired) electrons. The van der Waals surface area contributed by atoms with Gasteiger partial charge in [0.15, 0.2) is 31.1 Å². The summed E-state index contributed by atoms with van der Waals surface area (Å²) in [6.45, 7) is 18.1. The molecule has 476 valence electrons. The lowest BCUT2D eigenvalue weighted by Crippen LogP contribution is -2.72. The Labute approximate surface area is 486 Å². The second-order valence-corrected chi connectivity index (χ2v) is 25.9. The van der Waals surface area contributed by atoms with Crippen molar-refractivity contribution in [2.24, 2.45) is 50.2 Å². The van der Waals surface area contributed by atoms with E-state index < -0.39 is 170 Å². The van der Waals surface area contributed by atoms with E-state index in [2.05, 4.69) is 33.8 Å². The first-order valence-corrected chi connectivity index (χ1v) is 28.6. The van der Waals surface area contributed by atoms with Crippen LogP contribution >= 0.6 is 0 Å². The molecule has 4 saturated carbocycles. The van der Waals surface area contributed by atoms with Crippen LogP contribution in [0.2, 0.25) is 0 Å². The van der Waals surface area contributed by atoms with Crippen molar-refractivity contribution in [1.82, 2.24) is 0 Å². The molecule has 8 aliphatic rings. The lowest BCUT2D eigenvalue weighted by molar-refractivity contribution is -0.374. The first-order valence-electron chi connectivity index (χ1n) is 28.6. The number of carboxylic acids is 1. The molecule has 0 aromatic carbocycles. The number of fused-ring (bicyclic) bond motifs is 7. The Kier molecular flexibility index (Phi) is 21.6. The Bertz CT molecular complexity index is 2380. The fourth-order valence-electron chi connectivity index (χ4n) is 15.9. The average molecular weight is 1190 g/mol. The number of aliphatic hydroxyl groups excluding tert-OH is 12. The van der Waals surface area contributed by atoms with E-state index in [4.69, 9.17) is 37.9 Å². The number of carboxylic acid groups (broad SMARTS) is 1. The Morgan fingerprint density at radius 3 is 1.67 bits per heavy atom. The molecule has 8 unspecified atom stereocenters. The summed E-state index contributed by atoms with van der Waals surface area (Å²) < 4.78 is 44.5. The molecule has 5 aliphatic carbocycles. The van der Waals surface area contributed by atoms with Crippen LogP contribution < -0.4 is 0 Å². The van der Waals surface area contributed by atoms with Gasteiger partial charge in [-0.15, -0.1) is 0 Å². The summed E-state index contributed by atoms with van der Waals surface area (Å²) in [4.78, 5) is 38.4. The number of aliphatic carboxylic acids is 1. The SMILES string of the molecule is C.C/C=C(/C)C(=O)O[C@H]1[C@H](OC(=O)/C(C)=C\C)[C@@]2(CO)C(CC1(C)C)C1=CCC3[C@@]4(C)CC[C@H](O)[C@](C)(CO)C4CC[C@@]3(C)[C@]1(C)C[C@H]2O.CO[C@@H]1OC(C(=O)O)[C@@H](O)[C@@H](O[C@@H]2O[C@@H](CO)C(O)[C@@H]2O)C1O[C@@H]1OC(CO)[C@@H](O)[C@@H](O)C1O. The Balaban J connectivity index is 0.000000279. The molecule has 0 aromatic heterocycles. The standard InChI is InChI=1S/C40H62O8.C18H30O16.CH4/c1-11-23(3)33(45)47-31-32(48-34(46)24(4)12-2)40(22-42)26(19-35(31,5)6)25-13-14-28-36(7)17-16-29(43)37(8,21-41)27(36)15-18-38(28,9)39(25,10)20-30(40)44;1-29-18-14(34-17-10(25)8(23)6(21)4(2-19)30-17)12(11(26)13(33-18)15(27)28)32-16-9(24)7(22)5(3-20)31-16;/h11-13,26-32,41-44H,14-22H2,1-10H3;4-14,16-26H,2-3H2,1H3,(H,27,28);1H4/b23-11-,24-12-;;/t26?,27?,28?,29-,30+,31-,32-,36-,37+,38+,39+,40-;4?,5-,6+,7?,8+,9-,10?,11-,12+,13?,14?,16-,17-,18+;/m00./s1. The fourth-order valence-corrected chi connectivity index (χ4v) is 15.9. The summed E-state index contributed by atoms with van der Waals surface area (Å²) in [5, 5.41) is 135. The lowest BCUT2D eigenvalue weighted by atomic mass is 9.33. The number of carbonyl (C=O) groups excluding carboxylic acids is 2. The molecule has 0 aromatic rings. The van der Waals surface area contributed by atoms with Gasteiger partial charge in [-0.2, -0.15) is 0 Å². The zero-order valence-corrected chi connectivity index (χ0v) is 48.9. The maximum absolute atomic E-state index is 13.5. The molecular weight excluding hydrogens is 1090 g/mol. The van der Waals surface area contributed by atoms with E-state index >= 15 is 0 Å². The van der Waals surface area contributed by atoms with Crippen LogP contribution in [0.1, 0.15) is 122 Å².